The van der Waals surface area contributed by atoms with Gasteiger partial charge >= 0.3 is 5.97 Å². The molecule has 4 aromatic carbocycles. The van der Waals surface area contributed by atoms with Crippen LogP contribution in [-0.2, 0) is 9.53 Å². The van der Waals surface area contributed by atoms with Crippen molar-refractivity contribution in [2.45, 2.75) is 19.1 Å². The molecule has 0 aliphatic carbocycles. The van der Waals surface area contributed by atoms with Crippen molar-refractivity contribution in [1.82, 2.24) is 0 Å². The van der Waals surface area contributed by atoms with Gasteiger partial charge in [0.15, 0.2) is 23.0 Å². The number of hydrogen-bond acceptors (Lipinski definition) is 9. The molecule has 8 N–H and O–H groups in total. The number of carbonyl (C=O) groups excluding carboxylic acids is 3. The number of ether oxygens (including phenoxy) is 1. The van der Waals surface area contributed by atoms with Crippen LogP contribution in [0, 0.1) is 0 Å². The van der Waals surface area contributed by atoms with Crippen molar-refractivity contribution in [3.63, 3.8) is 0 Å². The molecule has 39 heavy (non-hydrogen) atoms. The Bertz CT molecular complexity index is 1590. The summed E-state index contributed by atoms with van der Waals surface area (Å²) in [6, 6.07) is 16.6. The zero-order valence-corrected chi connectivity index (χ0v) is 20.6. The van der Waals surface area contributed by atoms with Crippen molar-refractivity contribution in [1.29, 1.82) is 0 Å². The topological polar surface area (TPSA) is 191 Å². The minimum absolute atomic E-state index is 0.120. The van der Waals surface area contributed by atoms with E-state index in [1.807, 2.05) is 0 Å². The van der Waals surface area contributed by atoms with Gasteiger partial charge in [0, 0.05) is 22.1 Å². The lowest BCUT2D eigenvalue weighted by atomic mass is 10.1. The highest BCUT2D eigenvalue weighted by Crippen LogP contribution is 2.32. The monoisotopic (exact) mass is 531 g/mol. The second-order valence-corrected chi connectivity index (χ2v) is 8.63. The summed E-state index contributed by atoms with van der Waals surface area (Å²) >= 11 is 0. The maximum absolute atomic E-state index is 12.9. The Morgan fingerprint density at radius 3 is 1.79 bits per heavy atom. The first-order valence-electron chi connectivity index (χ1n) is 11.7. The van der Waals surface area contributed by atoms with E-state index in [4.69, 9.17) is 10.5 Å². The molecule has 0 aromatic heterocycles. The number of para-hydroxylation sites is 2. The van der Waals surface area contributed by atoms with E-state index in [0.717, 1.165) is 0 Å². The van der Waals surface area contributed by atoms with Crippen LogP contribution in [0.4, 0.5) is 11.4 Å². The zero-order valence-electron chi connectivity index (χ0n) is 20.6. The largest absolute Gasteiger partial charge is 0.504 e. The molecule has 0 saturated carbocycles. The molecule has 2 amide bonds. The van der Waals surface area contributed by atoms with Crippen molar-refractivity contribution in [2.75, 3.05) is 10.6 Å². The maximum Gasteiger partial charge on any atom is 0.342 e. The van der Waals surface area contributed by atoms with Crippen LogP contribution in [0.2, 0.25) is 0 Å². The summed E-state index contributed by atoms with van der Waals surface area (Å²) in [5.41, 5.74) is 6.38. The SMILES string of the molecule is CC(OC(=O)c1cccc(O)c1O)C(N)C(=O)Nc1cccc2c(NC(=O)c3cccc(O)c3O)cccc12. The van der Waals surface area contributed by atoms with Crippen molar-refractivity contribution in [3.8, 4) is 23.0 Å². The summed E-state index contributed by atoms with van der Waals surface area (Å²) in [6.07, 6.45) is -1.10. The van der Waals surface area contributed by atoms with Gasteiger partial charge in [-0.15, -0.1) is 0 Å². The third kappa shape index (κ3) is 5.53. The molecule has 0 radical (unpaired) electrons. The summed E-state index contributed by atoms with van der Waals surface area (Å²) in [5.74, 6) is -4.41. The molecule has 2 atom stereocenters. The number of phenols is 4. The van der Waals surface area contributed by atoms with E-state index in [9.17, 15) is 34.8 Å². The Kier molecular flexibility index (Phi) is 7.54. The predicted molar refractivity (Wildman–Crippen MR) is 143 cm³/mol. The van der Waals surface area contributed by atoms with Gasteiger partial charge in [0.2, 0.25) is 5.91 Å². The molecule has 4 aromatic rings. The Morgan fingerprint density at radius 1 is 0.718 bits per heavy atom. The third-order valence-corrected chi connectivity index (χ3v) is 6.02. The summed E-state index contributed by atoms with van der Waals surface area (Å²) < 4.78 is 5.22. The number of carbonyl (C=O) groups is 3. The fraction of sp³-hybridized carbons (Fsp3) is 0.107. The van der Waals surface area contributed by atoms with Gasteiger partial charge in [-0.25, -0.2) is 4.79 Å². The van der Waals surface area contributed by atoms with Crippen LogP contribution in [0.15, 0.2) is 72.8 Å². The molecule has 0 heterocycles. The van der Waals surface area contributed by atoms with E-state index >= 15 is 0 Å². The fourth-order valence-corrected chi connectivity index (χ4v) is 3.86. The molecule has 200 valence electrons. The van der Waals surface area contributed by atoms with E-state index in [0.29, 0.717) is 22.1 Å². The van der Waals surface area contributed by atoms with Crippen LogP contribution in [0.1, 0.15) is 27.6 Å². The van der Waals surface area contributed by atoms with Crippen LogP contribution in [-0.4, -0.2) is 50.4 Å². The molecule has 4 rings (SSSR count). The number of rotatable bonds is 7. The minimum atomic E-state index is -1.29. The number of anilines is 2. The van der Waals surface area contributed by atoms with E-state index < -0.39 is 52.9 Å². The first-order valence-corrected chi connectivity index (χ1v) is 11.7. The van der Waals surface area contributed by atoms with Gasteiger partial charge in [-0.1, -0.05) is 36.4 Å². The van der Waals surface area contributed by atoms with Gasteiger partial charge in [0.1, 0.15) is 17.7 Å². The average molecular weight is 532 g/mol. The molecular formula is C28H25N3O8. The van der Waals surface area contributed by atoms with E-state index in [1.54, 1.807) is 36.4 Å². The van der Waals surface area contributed by atoms with Gasteiger partial charge in [0.25, 0.3) is 5.91 Å². The van der Waals surface area contributed by atoms with E-state index in [1.165, 1.54) is 43.3 Å². The molecule has 0 spiro atoms. The Balaban J connectivity index is 1.51. The number of hydrogen-bond donors (Lipinski definition) is 7. The lowest BCUT2D eigenvalue weighted by molar-refractivity contribution is -0.119. The maximum atomic E-state index is 12.9. The lowest BCUT2D eigenvalue weighted by Crippen LogP contribution is -2.45. The molecule has 11 nitrogen and oxygen atoms in total. The molecule has 0 fully saturated rings. The van der Waals surface area contributed by atoms with Crippen LogP contribution in [0.3, 0.4) is 0 Å². The van der Waals surface area contributed by atoms with Gasteiger partial charge in [-0.3, -0.25) is 9.59 Å². The Hall–Kier alpha value is -5.29. The second kappa shape index (κ2) is 11.0. The Morgan fingerprint density at radius 2 is 1.21 bits per heavy atom. The van der Waals surface area contributed by atoms with E-state index in [-0.39, 0.29) is 11.1 Å². The summed E-state index contributed by atoms with van der Waals surface area (Å²) in [6.45, 7) is 1.41. The van der Waals surface area contributed by atoms with Crippen molar-refractivity contribution >= 4 is 39.9 Å². The number of esters is 1. The standard InChI is InChI=1S/C28H25N3O8/c1-14(39-28(38)18-9-5-13-22(33)25(18)35)23(29)27(37)31-20-11-3-6-15-16(20)7-2-10-19(15)30-26(36)17-8-4-12-21(32)24(17)34/h2-14,23,32-35H,29H2,1H3,(H,30,36)(H,31,37). The molecule has 0 aliphatic heterocycles. The van der Waals surface area contributed by atoms with Crippen LogP contribution >= 0.6 is 0 Å². The number of amides is 2. The number of nitrogens with two attached hydrogens (primary N) is 1. The first kappa shape index (κ1) is 26.8. The highest BCUT2D eigenvalue weighted by Gasteiger charge is 2.27. The summed E-state index contributed by atoms with van der Waals surface area (Å²) in [4.78, 5) is 38.1. The Labute approximate surface area is 222 Å². The minimum Gasteiger partial charge on any atom is -0.504 e. The van der Waals surface area contributed by atoms with Crippen molar-refractivity contribution < 1.29 is 39.5 Å². The lowest BCUT2D eigenvalue weighted by Gasteiger charge is -2.21. The predicted octanol–water partition coefficient (Wildman–Crippen LogP) is 3.43. The normalized spacial score (nSPS) is 12.4. The van der Waals surface area contributed by atoms with Crippen molar-refractivity contribution in [3.05, 3.63) is 83.9 Å². The second-order valence-electron chi connectivity index (χ2n) is 8.63. The number of aromatic hydroxyl groups is 4. The average Bonchev–Trinajstić information content (AvgIpc) is 2.91. The van der Waals surface area contributed by atoms with E-state index in [2.05, 4.69) is 10.6 Å². The zero-order chi connectivity index (χ0) is 28.3. The van der Waals surface area contributed by atoms with Gasteiger partial charge in [0.05, 0.1) is 5.56 Å². The molecule has 0 bridgehead atoms. The highest BCUT2D eigenvalue weighted by atomic mass is 16.5. The van der Waals surface area contributed by atoms with Crippen molar-refractivity contribution in [2.24, 2.45) is 5.73 Å². The fourth-order valence-electron chi connectivity index (χ4n) is 3.86. The van der Waals surface area contributed by atoms with Gasteiger partial charge in [-0.2, -0.15) is 0 Å². The number of fused-ring (bicyclic) bond motifs is 1. The number of nitrogens with one attached hydrogen (secondary N) is 2. The number of phenolic OH excluding ortho intramolecular Hbond substituents is 4. The molecule has 11 heteroatoms. The van der Waals surface area contributed by atoms with Crippen LogP contribution < -0.4 is 16.4 Å². The quantitative estimate of drug-likeness (QED) is 0.138. The third-order valence-electron chi connectivity index (χ3n) is 6.02. The number of benzene rings is 4. The summed E-state index contributed by atoms with van der Waals surface area (Å²) in [7, 11) is 0. The molecule has 0 aliphatic rings. The molecule has 0 saturated heterocycles. The molecule has 2 unspecified atom stereocenters. The summed E-state index contributed by atoms with van der Waals surface area (Å²) in [5, 5.41) is 45.7. The molecular weight excluding hydrogens is 506 g/mol. The van der Waals surface area contributed by atoms with Gasteiger partial charge < -0.3 is 41.5 Å². The van der Waals surface area contributed by atoms with Crippen LogP contribution in [0.25, 0.3) is 10.8 Å². The first-order chi connectivity index (χ1) is 18.6. The highest BCUT2D eigenvalue weighted by molar-refractivity contribution is 6.13. The van der Waals surface area contributed by atoms with Crippen LogP contribution in [0.5, 0.6) is 23.0 Å². The van der Waals surface area contributed by atoms with Gasteiger partial charge in [-0.05, 0) is 43.3 Å². The smallest absolute Gasteiger partial charge is 0.342 e.